The Morgan fingerprint density at radius 3 is 2.35 bits per heavy atom. The fourth-order valence-corrected chi connectivity index (χ4v) is 3.10. The van der Waals surface area contributed by atoms with Crippen LogP contribution in [-0.4, -0.2) is 8.42 Å². The largest absolute Gasteiger partial charge is 0.398 e. The molecule has 3 N–H and O–H groups in total. The molecule has 2 rings (SSSR count). The van der Waals surface area contributed by atoms with E-state index in [0.717, 1.165) is 16.7 Å². The van der Waals surface area contributed by atoms with Gasteiger partial charge in [0.15, 0.2) is 0 Å². The molecule has 0 aromatic heterocycles. The SMILES string of the molecule is Cc1cccc(NS(=O)(=O)c2cc(C)c(C)c(N)c2)c1. The third-order valence-electron chi connectivity index (χ3n) is 3.26. The molecule has 20 heavy (non-hydrogen) atoms. The quantitative estimate of drug-likeness (QED) is 0.854. The number of aryl methyl sites for hydroxylation is 2. The summed E-state index contributed by atoms with van der Waals surface area (Å²) in [5, 5.41) is 0. The van der Waals surface area contributed by atoms with E-state index in [2.05, 4.69) is 4.72 Å². The summed E-state index contributed by atoms with van der Waals surface area (Å²) in [5.41, 5.74) is 9.62. The first-order valence-corrected chi connectivity index (χ1v) is 7.74. The average Bonchev–Trinajstić information content (AvgIpc) is 2.34. The molecule has 0 fully saturated rings. The molecule has 0 aliphatic carbocycles. The van der Waals surface area contributed by atoms with Gasteiger partial charge in [0.2, 0.25) is 0 Å². The van der Waals surface area contributed by atoms with Gasteiger partial charge in [-0.1, -0.05) is 12.1 Å². The van der Waals surface area contributed by atoms with Crippen LogP contribution < -0.4 is 10.5 Å². The molecule has 0 radical (unpaired) electrons. The summed E-state index contributed by atoms with van der Waals surface area (Å²) in [6, 6.07) is 10.3. The molecular weight excluding hydrogens is 272 g/mol. The van der Waals surface area contributed by atoms with Gasteiger partial charge in [-0.3, -0.25) is 4.72 Å². The highest BCUT2D eigenvalue weighted by Crippen LogP contribution is 2.23. The smallest absolute Gasteiger partial charge is 0.261 e. The molecule has 0 bridgehead atoms. The highest BCUT2D eigenvalue weighted by molar-refractivity contribution is 7.92. The molecule has 5 heteroatoms. The minimum atomic E-state index is -3.62. The van der Waals surface area contributed by atoms with Crippen molar-refractivity contribution in [1.29, 1.82) is 0 Å². The molecule has 0 saturated carbocycles. The normalized spacial score (nSPS) is 11.3. The van der Waals surface area contributed by atoms with Crippen molar-refractivity contribution < 1.29 is 8.42 Å². The second-order valence-corrected chi connectivity index (χ2v) is 6.61. The lowest BCUT2D eigenvalue weighted by Crippen LogP contribution is -2.14. The number of benzene rings is 2. The van der Waals surface area contributed by atoms with E-state index in [1.165, 1.54) is 6.07 Å². The zero-order valence-electron chi connectivity index (χ0n) is 11.8. The highest BCUT2D eigenvalue weighted by atomic mass is 32.2. The van der Waals surface area contributed by atoms with E-state index in [-0.39, 0.29) is 4.90 Å². The summed E-state index contributed by atoms with van der Waals surface area (Å²) in [6.07, 6.45) is 0. The third kappa shape index (κ3) is 2.93. The molecule has 106 valence electrons. The maximum absolute atomic E-state index is 12.4. The van der Waals surface area contributed by atoms with Crippen LogP contribution >= 0.6 is 0 Å². The molecule has 2 aromatic carbocycles. The van der Waals surface area contributed by atoms with Crippen LogP contribution in [0.1, 0.15) is 16.7 Å². The lowest BCUT2D eigenvalue weighted by atomic mass is 10.1. The number of nitrogens with one attached hydrogen (secondary N) is 1. The van der Waals surface area contributed by atoms with Crippen molar-refractivity contribution >= 4 is 21.4 Å². The Labute approximate surface area is 119 Å². The summed E-state index contributed by atoms with van der Waals surface area (Å²) >= 11 is 0. The second kappa shape index (κ2) is 5.17. The molecular formula is C15H18N2O2S. The standard InChI is InChI=1S/C15H18N2O2S/c1-10-5-4-6-13(7-10)17-20(18,19)14-8-11(2)12(3)15(16)9-14/h4-9,17H,16H2,1-3H3. The van der Waals surface area contributed by atoms with E-state index in [9.17, 15) is 8.42 Å². The van der Waals surface area contributed by atoms with Crippen molar-refractivity contribution in [3.05, 3.63) is 53.1 Å². The Morgan fingerprint density at radius 1 is 1.05 bits per heavy atom. The van der Waals surface area contributed by atoms with Gasteiger partial charge in [-0.25, -0.2) is 8.42 Å². The number of anilines is 2. The van der Waals surface area contributed by atoms with Crippen LogP contribution in [0.4, 0.5) is 11.4 Å². The number of rotatable bonds is 3. The van der Waals surface area contributed by atoms with Crippen LogP contribution in [0.25, 0.3) is 0 Å². The topological polar surface area (TPSA) is 72.2 Å². The molecule has 0 atom stereocenters. The Bertz CT molecular complexity index is 729. The molecule has 0 amide bonds. The molecule has 0 saturated heterocycles. The zero-order valence-corrected chi connectivity index (χ0v) is 12.6. The highest BCUT2D eigenvalue weighted by Gasteiger charge is 2.16. The second-order valence-electron chi connectivity index (χ2n) is 4.93. The van der Waals surface area contributed by atoms with E-state index in [4.69, 9.17) is 5.73 Å². The Kier molecular flexibility index (Phi) is 3.72. The van der Waals surface area contributed by atoms with Gasteiger partial charge in [0.25, 0.3) is 10.0 Å². The first-order valence-electron chi connectivity index (χ1n) is 6.26. The number of nitrogen functional groups attached to an aromatic ring is 1. The summed E-state index contributed by atoms with van der Waals surface area (Å²) in [7, 11) is -3.62. The van der Waals surface area contributed by atoms with Crippen LogP contribution in [0.3, 0.4) is 0 Å². The summed E-state index contributed by atoms with van der Waals surface area (Å²) in [6.45, 7) is 5.62. The maximum atomic E-state index is 12.4. The molecule has 2 aromatic rings. The molecule has 0 aliphatic heterocycles. The lowest BCUT2D eigenvalue weighted by molar-refractivity contribution is 0.601. The number of hydrogen-bond donors (Lipinski definition) is 2. The Balaban J connectivity index is 2.41. The van der Waals surface area contributed by atoms with Crippen molar-refractivity contribution in [2.75, 3.05) is 10.5 Å². The maximum Gasteiger partial charge on any atom is 0.261 e. The molecule has 0 heterocycles. The Hall–Kier alpha value is -2.01. The predicted molar refractivity (Wildman–Crippen MR) is 82.3 cm³/mol. The number of hydrogen-bond acceptors (Lipinski definition) is 3. The minimum Gasteiger partial charge on any atom is -0.398 e. The fourth-order valence-electron chi connectivity index (χ4n) is 1.93. The van der Waals surface area contributed by atoms with Gasteiger partial charge in [-0.15, -0.1) is 0 Å². The van der Waals surface area contributed by atoms with Crippen molar-refractivity contribution in [2.45, 2.75) is 25.7 Å². The van der Waals surface area contributed by atoms with E-state index in [1.54, 1.807) is 18.2 Å². The van der Waals surface area contributed by atoms with Gasteiger partial charge in [0.05, 0.1) is 4.90 Å². The van der Waals surface area contributed by atoms with Gasteiger partial charge in [-0.2, -0.15) is 0 Å². The van der Waals surface area contributed by atoms with Crippen molar-refractivity contribution in [3.63, 3.8) is 0 Å². The monoisotopic (exact) mass is 290 g/mol. The first-order chi connectivity index (χ1) is 9.29. The number of sulfonamides is 1. The van der Waals surface area contributed by atoms with Gasteiger partial charge < -0.3 is 5.73 Å². The fraction of sp³-hybridized carbons (Fsp3) is 0.200. The molecule has 0 spiro atoms. The van der Waals surface area contributed by atoms with Crippen LogP contribution in [0.2, 0.25) is 0 Å². The molecule has 4 nitrogen and oxygen atoms in total. The van der Waals surface area contributed by atoms with E-state index < -0.39 is 10.0 Å². The first kappa shape index (κ1) is 14.4. The van der Waals surface area contributed by atoms with Crippen molar-refractivity contribution in [2.24, 2.45) is 0 Å². The van der Waals surface area contributed by atoms with Crippen LogP contribution in [0, 0.1) is 20.8 Å². The summed E-state index contributed by atoms with van der Waals surface area (Å²) in [5.74, 6) is 0. The van der Waals surface area contributed by atoms with Crippen molar-refractivity contribution in [1.82, 2.24) is 0 Å². The van der Waals surface area contributed by atoms with E-state index >= 15 is 0 Å². The van der Waals surface area contributed by atoms with E-state index in [1.807, 2.05) is 32.9 Å². The Morgan fingerprint density at radius 2 is 1.75 bits per heavy atom. The van der Waals surface area contributed by atoms with Crippen LogP contribution in [0.15, 0.2) is 41.3 Å². The van der Waals surface area contributed by atoms with Crippen LogP contribution in [-0.2, 0) is 10.0 Å². The van der Waals surface area contributed by atoms with Crippen molar-refractivity contribution in [3.8, 4) is 0 Å². The zero-order chi connectivity index (χ0) is 14.9. The summed E-state index contributed by atoms with van der Waals surface area (Å²) in [4.78, 5) is 0.180. The minimum absolute atomic E-state index is 0.180. The molecule has 0 aliphatic rings. The summed E-state index contributed by atoms with van der Waals surface area (Å²) < 4.78 is 27.3. The van der Waals surface area contributed by atoms with Gasteiger partial charge in [0, 0.05) is 11.4 Å². The third-order valence-corrected chi connectivity index (χ3v) is 4.62. The lowest BCUT2D eigenvalue weighted by Gasteiger charge is -2.12. The number of nitrogens with two attached hydrogens (primary N) is 1. The average molecular weight is 290 g/mol. The molecule has 0 unspecified atom stereocenters. The van der Waals surface area contributed by atoms with Crippen LogP contribution in [0.5, 0.6) is 0 Å². The van der Waals surface area contributed by atoms with Gasteiger partial charge in [0.1, 0.15) is 0 Å². The van der Waals surface area contributed by atoms with Gasteiger partial charge in [-0.05, 0) is 61.7 Å². The van der Waals surface area contributed by atoms with E-state index in [0.29, 0.717) is 11.4 Å². The predicted octanol–water partition coefficient (Wildman–Crippen LogP) is 2.99. The van der Waals surface area contributed by atoms with Gasteiger partial charge >= 0.3 is 0 Å².